The van der Waals surface area contributed by atoms with E-state index in [0.717, 1.165) is 16.8 Å². The van der Waals surface area contributed by atoms with Crippen LogP contribution in [0.25, 0.3) is 0 Å². The van der Waals surface area contributed by atoms with Crippen LogP contribution in [0, 0.1) is 0 Å². The van der Waals surface area contributed by atoms with Gasteiger partial charge < -0.3 is 5.73 Å². The van der Waals surface area contributed by atoms with Gasteiger partial charge in [0, 0.05) is 11.1 Å². The van der Waals surface area contributed by atoms with Crippen molar-refractivity contribution < 1.29 is 4.79 Å². The van der Waals surface area contributed by atoms with E-state index in [4.69, 9.17) is 5.73 Å². The topological polar surface area (TPSA) is 55.4 Å². The maximum Gasteiger partial charge on any atom is 0.241 e. The van der Waals surface area contributed by atoms with Gasteiger partial charge in [0.15, 0.2) is 0 Å². The van der Waals surface area contributed by atoms with Crippen LogP contribution in [0.4, 0.5) is 0 Å². The molecule has 1 amide bonds. The quantitative estimate of drug-likeness (QED) is 0.835. The van der Waals surface area contributed by atoms with Crippen LogP contribution < -0.4 is 5.73 Å². The zero-order valence-electron chi connectivity index (χ0n) is 10.8. The lowest BCUT2D eigenvalue weighted by molar-refractivity contribution is -0.118. The van der Waals surface area contributed by atoms with Gasteiger partial charge in [0.25, 0.3) is 0 Å². The Morgan fingerprint density at radius 2 is 1.37 bits per heavy atom. The summed E-state index contributed by atoms with van der Waals surface area (Å²) in [7, 11) is 0. The summed E-state index contributed by atoms with van der Waals surface area (Å²) in [6, 6.07) is 19.0. The second-order valence-corrected chi connectivity index (χ2v) is 4.29. The number of rotatable bonds is 4. The third kappa shape index (κ3) is 3.28. The molecule has 0 aliphatic carbocycles. The maximum atomic E-state index is 11.2. The largest absolute Gasteiger partial charge is 0.368 e. The Hall–Kier alpha value is -2.42. The van der Waals surface area contributed by atoms with Crippen molar-refractivity contribution in [1.29, 1.82) is 0 Å². The van der Waals surface area contributed by atoms with Crippen LogP contribution in [0.2, 0.25) is 0 Å². The van der Waals surface area contributed by atoms with Gasteiger partial charge in [0.2, 0.25) is 5.91 Å². The van der Waals surface area contributed by atoms with Crippen molar-refractivity contribution in [3.8, 4) is 0 Å². The monoisotopic (exact) mass is 252 g/mol. The molecule has 2 aromatic rings. The number of hydrogen-bond donors (Lipinski definition) is 1. The normalized spacial score (nSPS) is 11.6. The summed E-state index contributed by atoms with van der Waals surface area (Å²) in [5, 5.41) is 0. The number of carbonyl (C=O) groups is 1. The van der Waals surface area contributed by atoms with E-state index in [1.54, 1.807) is 6.92 Å². The highest BCUT2D eigenvalue weighted by Gasteiger charge is 2.11. The lowest BCUT2D eigenvalue weighted by Crippen LogP contribution is -2.25. The fraction of sp³-hybridized carbons (Fsp3) is 0.125. The predicted octanol–water partition coefficient (Wildman–Crippen LogP) is 2.40. The van der Waals surface area contributed by atoms with Gasteiger partial charge in [0.1, 0.15) is 6.04 Å². The third-order valence-corrected chi connectivity index (χ3v) is 2.83. The molecular formula is C16H16N2O. The molecule has 0 aliphatic heterocycles. The molecule has 2 rings (SSSR count). The average Bonchev–Trinajstić information content (AvgIpc) is 2.46. The second kappa shape index (κ2) is 5.96. The number of aliphatic imine (C=N–C) groups is 1. The molecule has 0 aliphatic rings. The van der Waals surface area contributed by atoms with Crippen LogP contribution in [0.15, 0.2) is 65.7 Å². The smallest absolute Gasteiger partial charge is 0.241 e. The van der Waals surface area contributed by atoms with Gasteiger partial charge in [-0.05, 0) is 6.92 Å². The number of hydrogen-bond acceptors (Lipinski definition) is 2. The number of carbonyl (C=O) groups excluding carboxylic acids is 1. The lowest BCUT2D eigenvalue weighted by atomic mass is 10.0. The lowest BCUT2D eigenvalue weighted by Gasteiger charge is -2.10. The number of nitrogens with two attached hydrogens (primary N) is 1. The fourth-order valence-electron chi connectivity index (χ4n) is 1.77. The molecule has 0 radical (unpaired) electrons. The Balaban J connectivity index is 2.49. The highest BCUT2D eigenvalue weighted by molar-refractivity contribution is 6.13. The van der Waals surface area contributed by atoms with Gasteiger partial charge >= 0.3 is 0 Å². The van der Waals surface area contributed by atoms with Crippen LogP contribution in [-0.2, 0) is 4.79 Å². The first-order valence-corrected chi connectivity index (χ1v) is 6.16. The molecule has 0 aromatic heterocycles. The Morgan fingerprint density at radius 3 is 1.74 bits per heavy atom. The van der Waals surface area contributed by atoms with Crippen molar-refractivity contribution in [2.24, 2.45) is 10.7 Å². The molecule has 3 nitrogen and oxygen atoms in total. The second-order valence-electron chi connectivity index (χ2n) is 4.29. The van der Waals surface area contributed by atoms with E-state index in [0.29, 0.717) is 0 Å². The molecule has 2 aromatic carbocycles. The van der Waals surface area contributed by atoms with Gasteiger partial charge in [-0.2, -0.15) is 0 Å². The van der Waals surface area contributed by atoms with Crippen LogP contribution >= 0.6 is 0 Å². The van der Waals surface area contributed by atoms with Crippen molar-refractivity contribution in [2.75, 3.05) is 0 Å². The minimum Gasteiger partial charge on any atom is -0.368 e. The molecule has 3 heteroatoms. The Bertz CT molecular complexity index is 535. The SMILES string of the molecule is CC(N=C(c1ccccc1)c1ccccc1)C(N)=O. The highest BCUT2D eigenvalue weighted by Crippen LogP contribution is 2.12. The first-order chi connectivity index (χ1) is 9.18. The maximum absolute atomic E-state index is 11.2. The molecule has 0 spiro atoms. The van der Waals surface area contributed by atoms with Gasteiger partial charge in [0.05, 0.1) is 5.71 Å². The molecule has 0 saturated carbocycles. The molecule has 1 atom stereocenters. The van der Waals surface area contributed by atoms with Gasteiger partial charge in [-0.15, -0.1) is 0 Å². The molecule has 0 saturated heterocycles. The summed E-state index contributed by atoms with van der Waals surface area (Å²) in [6.07, 6.45) is 0. The molecule has 19 heavy (non-hydrogen) atoms. The Morgan fingerprint density at radius 1 is 0.947 bits per heavy atom. The number of nitrogens with zero attached hydrogens (tertiary/aromatic N) is 1. The molecule has 2 N–H and O–H groups in total. The van der Waals surface area contributed by atoms with E-state index in [-0.39, 0.29) is 0 Å². The van der Waals surface area contributed by atoms with E-state index in [9.17, 15) is 4.79 Å². The van der Waals surface area contributed by atoms with E-state index >= 15 is 0 Å². The third-order valence-electron chi connectivity index (χ3n) is 2.83. The molecular weight excluding hydrogens is 236 g/mol. The summed E-state index contributed by atoms with van der Waals surface area (Å²) in [5.74, 6) is -0.427. The molecule has 0 heterocycles. The number of amides is 1. The number of primary amides is 1. The first-order valence-electron chi connectivity index (χ1n) is 6.16. The molecule has 0 bridgehead atoms. The summed E-state index contributed by atoms with van der Waals surface area (Å²) < 4.78 is 0. The summed E-state index contributed by atoms with van der Waals surface area (Å²) >= 11 is 0. The van der Waals surface area contributed by atoms with Crippen molar-refractivity contribution in [3.05, 3.63) is 71.8 Å². The minimum atomic E-state index is -0.546. The van der Waals surface area contributed by atoms with E-state index in [1.165, 1.54) is 0 Å². The Kier molecular flexibility index (Phi) is 4.08. The average molecular weight is 252 g/mol. The summed E-state index contributed by atoms with van der Waals surface area (Å²) in [6.45, 7) is 1.70. The van der Waals surface area contributed by atoms with E-state index < -0.39 is 11.9 Å². The number of benzene rings is 2. The van der Waals surface area contributed by atoms with Gasteiger partial charge in [-0.1, -0.05) is 60.7 Å². The van der Waals surface area contributed by atoms with Crippen molar-refractivity contribution in [1.82, 2.24) is 0 Å². The fourth-order valence-corrected chi connectivity index (χ4v) is 1.77. The molecule has 1 unspecified atom stereocenters. The molecule has 0 fully saturated rings. The molecule has 96 valence electrons. The van der Waals surface area contributed by atoms with Gasteiger partial charge in [-0.3, -0.25) is 9.79 Å². The van der Waals surface area contributed by atoms with Crippen LogP contribution in [0.1, 0.15) is 18.1 Å². The van der Waals surface area contributed by atoms with Crippen LogP contribution in [0.3, 0.4) is 0 Å². The zero-order valence-corrected chi connectivity index (χ0v) is 10.8. The zero-order chi connectivity index (χ0) is 13.7. The predicted molar refractivity (Wildman–Crippen MR) is 77.2 cm³/mol. The van der Waals surface area contributed by atoms with Gasteiger partial charge in [-0.25, -0.2) is 0 Å². The minimum absolute atomic E-state index is 0.427. The van der Waals surface area contributed by atoms with Crippen molar-refractivity contribution in [2.45, 2.75) is 13.0 Å². The van der Waals surface area contributed by atoms with E-state index in [1.807, 2.05) is 60.7 Å². The summed E-state index contributed by atoms with van der Waals surface area (Å²) in [5.41, 5.74) is 8.03. The van der Waals surface area contributed by atoms with Crippen LogP contribution in [0.5, 0.6) is 0 Å². The first kappa shape index (κ1) is 13.0. The van der Waals surface area contributed by atoms with Crippen LogP contribution in [-0.4, -0.2) is 17.7 Å². The van der Waals surface area contributed by atoms with E-state index in [2.05, 4.69) is 4.99 Å². The van der Waals surface area contributed by atoms with Crippen molar-refractivity contribution in [3.63, 3.8) is 0 Å². The Labute approximate surface area is 112 Å². The van der Waals surface area contributed by atoms with Crippen molar-refractivity contribution >= 4 is 11.6 Å². The highest BCUT2D eigenvalue weighted by atomic mass is 16.1. The summed E-state index contributed by atoms with van der Waals surface area (Å²) in [4.78, 5) is 15.7. The standard InChI is InChI=1S/C16H16N2O/c1-12(16(17)19)18-15(13-8-4-2-5-9-13)14-10-6-3-7-11-14/h2-12H,1H3,(H2,17,19).